The van der Waals surface area contributed by atoms with Crippen molar-refractivity contribution >= 4 is 31.5 Å². The van der Waals surface area contributed by atoms with Crippen molar-refractivity contribution in [3.63, 3.8) is 0 Å². The molecule has 0 saturated heterocycles. The van der Waals surface area contributed by atoms with Crippen molar-refractivity contribution < 1.29 is 8.42 Å². The fourth-order valence-electron chi connectivity index (χ4n) is 2.12. The molecule has 0 bridgehead atoms. The summed E-state index contributed by atoms with van der Waals surface area (Å²) in [5.41, 5.74) is 0.680. The van der Waals surface area contributed by atoms with Crippen LogP contribution >= 0.6 is 15.9 Å². The van der Waals surface area contributed by atoms with Crippen LogP contribution in [0.25, 0.3) is 0 Å². The topological polar surface area (TPSA) is 58.2 Å². The fourth-order valence-corrected chi connectivity index (χ4v) is 4.48. The van der Waals surface area contributed by atoms with Crippen molar-refractivity contribution in [2.24, 2.45) is 0 Å². The lowest BCUT2D eigenvalue weighted by atomic mass is 10.2. The van der Waals surface area contributed by atoms with E-state index >= 15 is 0 Å². The van der Waals surface area contributed by atoms with E-state index in [1.807, 2.05) is 6.92 Å². The van der Waals surface area contributed by atoms with Crippen molar-refractivity contribution in [3.8, 4) is 0 Å². The normalized spacial score (nSPS) is 26.1. The van der Waals surface area contributed by atoms with Gasteiger partial charge in [0.25, 0.3) is 0 Å². The van der Waals surface area contributed by atoms with Crippen molar-refractivity contribution in [2.45, 2.75) is 23.1 Å². The summed E-state index contributed by atoms with van der Waals surface area (Å²) in [7, 11) is -1.49. The molecule has 2 atom stereocenters. The number of hydrogen-bond donors (Lipinski definition) is 2. The van der Waals surface area contributed by atoms with Gasteiger partial charge in [0.1, 0.15) is 0 Å². The highest BCUT2D eigenvalue weighted by atomic mass is 79.9. The van der Waals surface area contributed by atoms with Crippen molar-refractivity contribution in [3.05, 3.63) is 22.7 Å². The predicted octanol–water partition coefficient (Wildman–Crippen LogP) is 1.62. The summed E-state index contributed by atoms with van der Waals surface area (Å²) in [6.45, 7) is 2.34. The Balaban J connectivity index is 2.54. The zero-order valence-electron chi connectivity index (χ0n) is 9.70. The number of rotatable bonds is 2. The lowest BCUT2D eigenvalue weighted by molar-refractivity contribution is 0.549. The number of halogens is 1. The second-order valence-corrected chi connectivity index (χ2v) is 7.27. The average molecular weight is 319 g/mol. The van der Waals surface area contributed by atoms with Crippen LogP contribution in [0.2, 0.25) is 0 Å². The van der Waals surface area contributed by atoms with Gasteiger partial charge < -0.3 is 10.6 Å². The van der Waals surface area contributed by atoms with Gasteiger partial charge in [-0.05, 0) is 32.2 Å². The summed E-state index contributed by atoms with van der Waals surface area (Å²) in [6, 6.07) is 5.11. The summed E-state index contributed by atoms with van der Waals surface area (Å²) in [5.74, 6) is 0. The molecule has 0 aliphatic carbocycles. The van der Waals surface area contributed by atoms with E-state index in [4.69, 9.17) is 0 Å². The van der Waals surface area contributed by atoms with E-state index in [9.17, 15) is 8.42 Å². The van der Waals surface area contributed by atoms with Gasteiger partial charge in [0.15, 0.2) is 9.84 Å². The molecule has 1 aliphatic heterocycles. The highest BCUT2D eigenvalue weighted by molar-refractivity contribution is 9.10. The van der Waals surface area contributed by atoms with Gasteiger partial charge >= 0.3 is 0 Å². The van der Waals surface area contributed by atoms with E-state index in [0.29, 0.717) is 17.1 Å². The van der Waals surface area contributed by atoms with Crippen LogP contribution in [0.1, 0.15) is 6.92 Å². The van der Waals surface area contributed by atoms with E-state index in [-0.39, 0.29) is 6.04 Å². The van der Waals surface area contributed by atoms with E-state index in [2.05, 4.69) is 26.6 Å². The maximum absolute atomic E-state index is 12.4. The molecular formula is C11H15BrN2O2S. The first-order chi connectivity index (χ1) is 7.96. The molecule has 0 saturated carbocycles. The molecule has 2 N–H and O–H groups in total. The molecule has 1 heterocycles. The maximum atomic E-state index is 12.4. The first-order valence-corrected chi connectivity index (χ1v) is 7.75. The van der Waals surface area contributed by atoms with Crippen LogP contribution in [0, 0.1) is 0 Å². The second-order valence-electron chi connectivity index (χ2n) is 4.21. The van der Waals surface area contributed by atoms with Crippen LogP contribution in [-0.4, -0.2) is 33.3 Å². The fraction of sp³-hybridized carbons (Fsp3) is 0.455. The van der Waals surface area contributed by atoms with Gasteiger partial charge in [0.2, 0.25) is 0 Å². The molecule has 2 unspecified atom stereocenters. The van der Waals surface area contributed by atoms with Crippen LogP contribution in [0.3, 0.4) is 0 Å². The third kappa shape index (κ3) is 2.21. The van der Waals surface area contributed by atoms with Crippen molar-refractivity contribution in [2.75, 3.05) is 18.9 Å². The van der Waals surface area contributed by atoms with Gasteiger partial charge in [-0.15, -0.1) is 0 Å². The minimum absolute atomic E-state index is 0.103. The third-order valence-electron chi connectivity index (χ3n) is 2.99. The average Bonchev–Trinajstić information content (AvgIpc) is 2.23. The van der Waals surface area contributed by atoms with Gasteiger partial charge in [-0.2, -0.15) is 0 Å². The summed E-state index contributed by atoms with van der Waals surface area (Å²) < 4.78 is 25.7. The number of nitrogens with one attached hydrogen (secondary N) is 2. The molecular weight excluding hydrogens is 304 g/mol. The Bertz CT molecular complexity index is 530. The number of benzene rings is 1. The first kappa shape index (κ1) is 12.9. The molecule has 1 aromatic rings. The van der Waals surface area contributed by atoms with Crippen LogP contribution in [0.15, 0.2) is 27.6 Å². The summed E-state index contributed by atoms with van der Waals surface area (Å²) in [4.78, 5) is 0.388. The Kier molecular flexibility index (Phi) is 3.47. The smallest absolute Gasteiger partial charge is 0.186 e. The summed E-state index contributed by atoms with van der Waals surface area (Å²) in [5, 5.41) is 5.75. The third-order valence-corrected chi connectivity index (χ3v) is 5.83. The van der Waals surface area contributed by atoms with Crippen LogP contribution in [0.5, 0.6) is 0 Å². The standard InChI is InChI=1S/C11H15BrN2O2S/c1-7-11(6-13-2)17(15,16)10-4-3-8(12)5-9(10)14-7/h3-5,7,11,13-14H,6H2,1-2H3. The van der Waals surface area contributed by atoms with E-state index < -0.39 is 15.1 Å². The van der Waals surface area contributed by atoms with Gasteiger partial charge in [0.05, 0.1) is 15.8 Å². The molecule has 0 spiro atoms. The molecule has 1 aliphatic rings. The molecule has 0 fully saturated rings. The Labute approximate surface area is 110 Å². The molecule has 0 aromatic heterocycles. The van der Waals surface area contributed by atoms with Gasteiger partial charge in [0, 0.05) is 17.1 Å². The Hall–Kier alpha value is -0.590. The molecule has 2 rings (SSSR count). The monoisotopic (exact) mass is 318 g/mol. The van der Waals surface area contributed by atoms with Crippen LogP contribution < -0.4 is 10.6 Å². The minimum atomic E-state index is -3.26. The number of fused-ring (bicyclic) bond motifs is 1. The van der Waals surface area contributed by atoms with E-state index in [1.165, 1.54) is 0 Å². The molecule has 0 radical (unpaired) electrons. The lowest BCUT2D eigenvalue weighted by Crippen LogP contribution is -2.47. The van der Waals surface area contributed by atoms with E-state index in [0.717, 1.165) is 4.47 Å². The quantitative estimate of drug-likeness (QED) is 0.870. The highest BCUT2D eigenvalue weighted by Crippen LogP contribution is 2.34. The van der Waals surface area contributed by atoms with Gasteiger partial charge in [-0.1, -0.05) is 15.9 Å². The number of sulfone groups is 1. The molecule has 94 valence electrons. The zero-order chi connectivity index (χ0) is 12.6. The largest absolute Gasteiger partial charge is 0.380 e. The summed E-state index contributed by atoms with van der Waals surface area (Å²) >= 11 is 3.35. The molecule has 1 aromatic carbocycles. The van der Waals surface area contributed by atoms with Crippen molar-refractivity contribution in [1.29, 1.82) is 0 Å². The Morgan fingerprint density at radius 1 is 1.47 bits per heavy atom. The first-order valence-electron chi connectivity index (χ1n) is 5.41. The number of anilines is 1. The SMILES string of the molecule is CNCC1C(C)Nc2cc(Br)ccc2S1(=O)=O. The zero-order valence-corrected chi connectivity index (χ0v) is 12.1. The van der Waals surface area contributed by atoms with Gasteiger partial charge in [-0.3, -0.25) is 0 Å². The van der Waals surface area contributed by atoms with Crippen LogP contribution in [0.4, 0.5) is 5.69 Å². The summed E-state index contributed by atoms with van der Waals surface area (Å²) in [6.07, 6.45) is 0. The maximum Gasteiger partial charge on any atom is 0.186 e. The Morgan fingerprint density at radius 3 is 2.82 bits per heavy atom. The Morgan fingerprint density at radius 2 is 2.18 bits per heavy atom. The number of hydrogen-bond acceptors (Lipinski definition) is 4. The molecule has 17 heavy (non-hydrogen) atoms. The van der Waals surface area contributed by atoms with E-state index in [1.54, 1.807) is 25.2 Å². The lowest BCUT2D eigenvalue weighted by Gasteiger charge is -2.32. The second kappa shape index (κ2) is 4.59. The molecule has 0 amide bonds. The highest BCUT2D eigenvalue weighted by Gasteiger charge is 2.37. The predicted molar refractivity (Wildman–Crippen MR) is 72.1 cm³/mol. The molecule has 4 nitrogen and oxygen atoms in total. The van der Waals surface area contributed by atoms with Gasteiger partial charge in [-0.25, -0.2) is 8.42 Å². The minimum Gasteiger partial charge on any atom is -0.380 e. The van der Waals surface area contributed by atoms with Crippen molar-refractivity contribution in [1.82, 2.24) is 5.32 Å². The molecule has 6 heteroatoms. The van der Waals surface area contributed by atoms with Crippen LogP contribution in [-0.2, 0) is 9.84 Å².